The van der Waals surface area contributed by atoms with Crippen LogP contribution in [0.25, 0.3) is 11.3 Å². The Bertz CT molecular complexity index is 1800. The number of rotatable bonds is 15. The number of halogens is 2. The molecule has 2 aromatic carbocycles. The number of aromatic nitrogens is 4. The monoisotopic (exact) mass is 702 g/mol. The zero-order chi connectivity index (χ0) is 34.4. The number of nitrogens with zero attached hydrogens (tertiary/aromatic N) is 4. The van der Waals surface area contributed by atoms with Crippen molar-refractivity contribution in [3.8, 4) is 22.9 Å². The maximum absolute atomic E-state index is 14.8. The highest BCUT2D eigenvalue weighted by Gasteiger charge is 2.25. The Kier molecular flexibility index (Phi) is 12.8. The summed E-state index contributed by atoms with van der Waals surface area (Å²) in [6.07, 6.45) is 3.21. The van der Waals surface area contributed by atoms with Gasteiger partial charge in [0.25, 0.3) is 10.0 Å². The molecule has 0 spiro atoms. The molecule has 0 unspecified atom stereocenters. The van der Waals surface area contributed by atoms with Crippen LogP contribution in [0.2, 0.25) is 0 Å². The lowest BCUT2D eigenvalue weighted by Crippen LogP contribution is -2.39. The molecule has 0 bridgehead atoms. The minimum Gasteiger partial charge on any atom is -0.488 e. The van der Waals surface area contributed by atoms with Gasteiger partial charge in [0.1, 0.15) is 18.1 Å². The van der Waals surface area contributed by atoms with Gasteiger partial charge in [-0.1, -0.05) is 24.3 Å². The van der Waals surface area contributed by atoms with Gasteiger partial charge in [0.05, 0.1) is 41.2 Å². The van der Waals surface area contributed by atoms with Crippen LogP contribution in [0.5, 0.6) is 11.6 Å². The summed E-state index contributed by atoms with van der Waals surface area (Å²) in [5, 5.41) is 12.6. The van der Waals surface area contributed by atoms with E-state index in [9.17, 15) is 22.7 Å². The van der Waals surface area contributed by atoms with Crippen LogP contribution < -0.4 is 19.5 Å². The van der Waals surface area contributed by atoms with E-state index in [1.807, 2.05) is 45.9 Å². The number of hydrogen-bond donors (Lipinski definition) is 3. The standard InChI is InChI=1S/C33H39FN6O6S.ClH/c1-20(2)46-25-16-36-28(37-17-25)18-35-24(15-33(5,6)34)19-45-29-14-27(30-21(3)9-7-10-22(30)4)38-32(39-29)40-47(43,44)26-12-8-11-23(13-26)31(41)42;/h7-14,16-17,20,24,35H,15,18-19H2,1-6H3,(H,41,42)(H,38,39,40);1H/t24-;/m1./s1. The molecule has 0 saturated heterocycles. The summed E-state index contributed by atoms with van der Waals surface area (Å²) < 4.78 is 55.4. The number of carboxylic acid groups (broad SMARTS) is 1. The van der Waals surface area contributed by atoms with Gasteiger partial charge in [-0.25, -0.2) is 37.3 Å². The highest BCUT2D eigenvalue weighted by atomic mass is 35.5. The Hall–Kier alpha value is -4.40. The van der Waals surface area contributed by atoms with Crippen molar-refractivity contribution >= 4 is 34.3 Å². The zero-order valence-electron chi connectivity index (χ0n) is 27.5. The Morgan fingerprint density at radius 3 is 2.27 bits per heavy atom. The fourth-order valence-electron chi connectivity index (χ4n) is 4.83. The number of ether oxygens (including phenoxy) is 2. The molecular formula is C33H40ClFN6O6S. The van der Waals surface area contributed by atoms with Crippen molar-refractivity contribution in [1.29, 1.82) is 0 Å². The summed E-state index contributed by atoms with van der Waals surface area (Å²) in [5.41, 5.74) is 1.20. The van der Waals surface area contributed by atoms with Gasteiger partial charge >= 0.3 is 5.97 Å². The number of sulfonamides is 1. The summed E-state index contributed by atoms with van der Waals surface area (Å²) >= 11 is 0. The predicted octanol–water partition coefficient (Wildman–Crippen LogP) is 5.93. The van der Waals surface area contributed by atoms with Crippen LogP contribution in [0.4, 0.5) is 10.3 Å². The summed E-state index contributed by atoms with van der Waals surface area (Å²) in [6, 6.07) is 11.7. The molecule has 15 heteroatoms. The van der Waals surface area contributed by atoms with E-state index in [4.69, 9.17) is 9.47 Å². The summed E-state index contributed by atoms with van der Waals surface area (Å²) in [5.74, 6) is -0.490. The third-order valence-corrected chi connectivity index (χ3v) is 8.15. The van der Waals surface area contributed by atoms with Crippen molar-refractivity contribution in [2.24, 2.45) is 0 Å². The smallest absolute Gasteiger partial charge is 0.335 e. The normalized spacial score (nSPS) is 12.2. The molecule has 0 fully saturated rings. The van der Waals surface area contributed by atoms with E-state index in [-0.39, 0.29) is 60.4 Å². The predicted molar refractivity (Wildman–Crippen MR) is 182 cm³/mol. The van der Waals surface area contributed by atoms with Crippen molar-refractivity contribution in [3.63, 3.8) is 0 Å². The molecule has 2 heterocycles. The van der Waals surface area contributed by atoms with Crippen LogP contribution >= 0.6 is 12.4 Å². The second kappa shape index (κ2) is 16.1. The Morgan fingerprint density at radius 2 is 1.67 bits per heavy atom. The van der Waals surface area contributed by atoms with Crippen LogP contribution in [-0.2, 0) is 16.6 Å². The van der Waals surface area contributed by atoms with Crippen molar-refractivity contribution in [3.05, 3.63) is 83.4 Å². The molecular weight excluding hydrogens is 663 g/mol. The first-order chi connectivity index (χ1) is 22.1. The molecule has 4 rings (SSSR count). The SMILES string of the molecule is Cc1cccc(C)c1-c1cc(OC[C@@H](CC(C)(C)F)NCc2ncc(OC(C)C)cn2)nc(NS(=O)(=O)c2cccc(C(=O)O)c2)n1.Cl. The number of aryl methyl sites for hydroxylation is 2. The molecule has 0 radical (unpaired) electrons. The first kappa shape index (κ1) is 38.1. The van der Waals surface area contributed by atoms with Crippen molar-refractivity contribution in [2.75, 3.05) is 11.3 Å². The second-order valence-corrected chi connectivity index (χ2v) is 13.6. The second-order valence-electron chi connectivity index (χ2n) is 11.9. The average Bonchev–Trinajstić information content (AvgIpc) is 2.98. The van der Waals surface area contributed by atoms with Gasteiger partial charge in [-0.2, -0.15) is 4.98 Å². The van der Waals surface area contributed by atoms with E-state index < -0.39 is 27.7 Å². The van der Waals surface area contributed by atoms with Gasteiger partial charge in [0.15, 0.2) is 5.75 Å². The lowest BCUT2D eigenvalue weighted by molar-refractivity contribution is 0.0696. The molecule has 0 amide bonds. The number of alkyl halides is 1. The van der Waals surface area contributed by atoms with Gasteiger partial charge in [-0.05, 0) is 77.3 Å². The van der Waals surface area contributed by atoms with Crippen LogP contribution in [0.15, 0.2) is 65.8 Å². The first-order valence-corrected chi connectivity index (χ1v) is 16.4. The number of aromatic carboxylic acids is 1. The number of hydrogen-bond acceptors (Lipinski definition) is 10. The van der Waals surface area contributed by atoms with E-state index in [0.717, 1.165) is 22.8 Å². The van der Waals surface area contributed by atoms with Gasteiger partial charge in [-0.3, -0.25) is 0 Å². The highest BCUT2D eigenvalue weighted by Crippen LogP contribution is 2.30. The number of anilines is 1. The van der Waals surface area contributed by atoms with Gasteiger partial charge in [-0.15, -0.1) is 12.4 Å². The quantitative estimate of drug-likeness (QED) is 0.134. The van der Waals surface area contributed by atoms with E-state index in [1.54, 1.807) is 18.5 Å². The Labute approximate surface area is 286 Å². The Morgan fingerprint density at radius 1 is 1.02 bits per heavy atom. The molecule has 4 aromatic rings. The minimum atomic E-state index is -4.29. The molecule has 0 aliphatic rings. The van der Waals surface area contributed by atoms with Crippen molar-refractivity contribution in [1.82, 2.24) is 25.3 Å². The van der Waals surface area contributed by atoms with Crippen molar-refractivity contribution in [2.45, 2.75) is 77.2 Å². The molecule has 0 aliphatic heterocycles. The minimum absolute atomic E-state index is 0. The summed E-state index contributed by atoms with van der Waals surface area (Å²) in [7, 11) is -4.29. The maximum atomic E-state index is 14.8. The number of carboxylic acids is 1. The average molecular weight is 703 g/mol. The van der Waals surface area contributed by atoms with E-state index in [0.29, 0.717) is 17.3 Å². The zero-order valence-corrected chi connectivity index (χ0v) is 29.2. The third-order valence-electron chi connectivity index (χ3n) is 6.82. The molecule has 3 N–H and O–H groups in total. The maximum Gasteiger partial charge on any atom is 0.335 e. The van der Waals surface area contributed by atoms with Crippen LogP contribution in [0.1, 0.15) is 61.4 Å². The first-order valence-electron chi connectivity index (χ1n) is 14.9. The molecule has 0 aliphatic carbocycles. The topological polar surface area (TPSA) is 166 Å². The van der Waals surface area contributed by atoms with E-state index >= 15 is 0 Å². The third kappa shape index (κ3) is 10.8. The lowest BCUT2D eigenvalue weighted by Gasteiger charge is -2.24. The van der Waals surface area contributed by atoms with Gasteiger partial charge in [0, 0.05) is 17.7 Å². The molecule has 2 aromatic heterocycles. The largest absolute Gasteiger partial charge is 0.488 e. The fraction of sp³-hybridized carbons (Fsp3) is 0.364. The number of benzene rings is 2. The molecule has 12 nitrogen and oxygen atoms in total. The van der Waals surface area contributed by atoms with Gasteiger partial charge in [0.2, 0.25) is 11.8 Å². The molecule has 48 heavy (non-hydrogen) atoms. The summed E-state index contributed by atoms with van der Waals surface area (Å²) in [4.78, 5) is 28.6. The van der Waals surface area contributed by atoms with E-state index in [2.05, 4.69) is 30.0 Å². The van der Waals surface area contributed by atoms with Crippen LogP contribution in [0.3, 0.4) is 0 Å². The molecule has 258 valence electrons. The van der Waals surface area contributed by atoms with Crippen molar-refractivity contribution < 1.29 is 32.2 Å². The lowest BCUT2D eigenvalue weighted by atomic mass is 10.00. The van der Waals surface area contributed by atoms with Gasteiger partial charge < -0.3 is 19.9 Å². The summed E-state index contributed by atoms with van der Waals surface area (Å²) in [6.45, 7) is 10.7. The number of carbonyl (C=O) groups is 1. The molecule has 0 saturated carbocycles. The van der Waals surface area contributed by atoms with Crippen LogP contribution in [-0.4, -0.2) is 63.9 Å². The Balaban J connectivity index is 0.00000625. The molecule has 1 atom stereocenters. The van der Waals surface area contributed by atoms with Crippen LogP contribution in [0, 0.1) is 13.8 Å². The number of nitrogens with one attached hydrogen (secondary N) is 2. The van der Waals surface area contributed by atoms with E-state index in [1.165, 1.54) is 32.0 Å². The highest BCUT2D eigenvalue weighted by molar-refractivity contribution is 7.92. The fourth-order valence-corrected chi connectivity index (χ4v) is 5.82.